The Bertz CT molecular complexity index is 879. The van der Waals surface area contributed by atoms with Crippen molar-refractivity contribution in [3.63, 3.8) is 0 Å². The molecule has 0 fully saturated rings. The van der Waals surface area contributed by atoms with Crippen LogP contribution in [0.2, 0.25) is 5.02 Å². The quantitative estimate of drug-likeness (QED) is 0.406. The maximum absolute atomic E-state index is 14.1. The summed E-state index contributed by atoms with van der Waals surface area (Å²) in [5, 5.41) is 0.750. The molecule has 140 valence electrons. The maximum atomic E-state index is 14.1. The van der Waals surface area contributed by atoms with E-state index in [1.54, 1.807) is 6.07 Å². The van der Waals surface area contributed by atoms with Crippen molar-refractivity contribution in [2.24, 2.45) is 0 Å². The lowest BCUT2D eigenvalue weighted by atomic mass is 9.87. The molecule has 0 aliphatic carbocycles. The Morgan fingerprint density at radius 3 is 2.37 bits per heavy atom. The van der Waals surface area contributed by atoms with Gasteiger partial charge in [-0.15, -0.1) is 0 Å². The van der Waals surface area contributed by atoms with E-state index in [4.69, 9.17) is 16.3 Å². The lowest BCUT2D eigenvalue weighted by Crippen LogP contribution is -2.20. The number of para-hydroxylation sites is 1. The zero-order valence-electron chi connectivity index (χ0n) is 15.4. The van der Waals surface area contributed by atoms with Crippen LogP contribution >= 0.6 is 23.4 Å². The molecule has 0 saturated carbocycles. The Hall–Kier alpha value is -1.97. The highest BCUT2D eigenvalue weighted by Crippen LogP contribution is 2.31. The summed E-state index contributed by atoms with van der Waals surface area (Å²) in [6, 6.07) is 22.3. The number of hydrogen-bond acceptors (Lipinski definition) is 2. The Balaban J connectivity index is 1.62. The van der Waals surface area contributed by atoms with Gasteiger partial charge in [-0.05, 0) is 52.9 Å². The van der Waals surface area contributed by atoms with Gasteiger partial charge in [0.15, 0.2) is 11.6 Å². The molecule has 0 amide bonds. The fraction of sp³-hybridized carbons (Fsp3) is 0.217. The average Bonchev–Trinajstić information content (AvgIpc) is 2.65. The minimum Gasteiger partial charge on any atom is -0.454 e. The second-order valence-corrected chi connectivity index (χ2v) is 8.49. The third-order valence-electron chi connectivity index (χ3n) is 4.32. The van der Waals surface area contributed by atoms with E-state index in [1.807, 2.05) is 60.3 Å². The molecule has 0 heterocycles. The number of ether oxygens (including phenoxy) is 1. The number of thioether (sulfide) groups is 1. The summed E-state index contributed by atoms with van der Waals surface area (Å²) < 4.78 is 19.8. The van der Waals surface area contributed by atoms with Gasteiger partial charge in [-0.1, -0.05) is 61.8 Å². The van der Waals surface area contributed by atoms with E-state index in [0.29, 0.717) is 5.75 Å². The maximum Gasteiger partial charge on any atom is 0.165 e. The molecule has 0 radical (unpaired) electrons. The number of halogens is 2. The number of hydrogen-bond donors (Lipinski definition) is 0. The van der Waals surface area contributed by atoms with Gasteiger partial charge in [0.1, 0.15) is 5.75 Å². The average molecular weight is 401 g/mol. The van der Waals surface area contributed by atoms with Crippen LogP contribution in [-0.4, -0.2) is 5.75 Å². The first-order valence-corrected chi connectivity index (χ1v) is 10.3. The van der Waals surface area contributed by atoms with Crippen LogP contribution in [-0.2, 0) is 11.2 Å². The van der Waals surface area contributed by atoms with Crippen LogP contribution in [0.25, 0.3) is 0 Å². The molecule has 0 aliphatic heterocycles. The van der Waals surface area contributed by atoms with Gasteiger partial charge in [0.25, 0.3) is 0 Å². The molecular weight excluding hydrogens is 379 g/mol. The lowest BCUT2D eigenvalue weighted by Gasteiger charge is -2.25. The Labute approximate surface area is 169 Å². The van der Waals surface area contributed by atoms with Crippen LogP contribution in [0.15, 0.2) is 72.8 Å². The normalized spacial score (nSPS) is 11.4. The highest BCUT2D eigenvalue weighted by Gasteiger charge is 2.20. The minimum atomic E-state index is -0.353. The van der Waals surface area contributed by atoms with E-state index in [-0.39, 0.29) is 17.0 Å². The SMILES string of the molecule is CC(C)(CSCc1ccc(F)c(Oc2ccccc2)c1)c1ccc(Cl)cc1. The van der Waals surface area contributed by atoms with Crippen LogP contribution in [0.3, 0.4) is 0 Å². The molecule has 1 nitrogen and oxygen atoms in total. The van der Waals surface area contributed by atoms with E-state index < -0.39 is 0 Å². The molecule has 0 atom stereocenters. The van der Waals surface area contributed by atoms with Crippen LogP contribution in [0.1, 0.15) is 25.0 Å². The van der Waals surface area contributed by atoms with Crippen molar-refractivity contribution in [2.45, 2.75) is 25.0 Å². The summed E-state index contributed by atoms with van der Waals surface area (Å²) >= 11 is 7.81. The van der Waals surface area contributed by atoms with Gasteiger partial charge >= 0.3 is 0 Å². The summed E-state index contributed by atoms with van der Waals surface area (Å²) in [6.45, 7) is 4.44. The molecule has 0 bridgehead atoms. The molecule has 3 rings (SSSR count). The summed E-state index contributed by atoms with van der Waals surface area (Å²) in [5.74, 6) is 2.28. The largest absolute Gasteiger partial charge is 0.454 e. The molecule has 0 N–H and O–H groups in total. The lowest BCUT2D eigenvalue weighted by molar-refractivity contribution is 0.442. The van der Waals surface area contributed by atoms with Gasteiger partial charge in [-0.3, -0.25) is 0 Å². The van der Waals surface area contributed by atoms with Crippen LogP contribution in [0, 0.1) is 5.82 Å². The van der Waals surface area contributed by atoms with Gasteiger partial charge in [-0.2, -0.15) is 11.8 Å². The standard InChI is InChI=1S/C23H22ClFOS/c1-23(2,18-9-11-19(24)12-10-18)16-27-15-17-8-13-21(25)22(14-17)26-20-6-4-3-5-7-20/h3-14H,15-16H2,1-2H3. The van der Waals surface area contributed by atoms with Gasteiger partial charge in [0.2, 0.25) is 0 Å². The van der Waals surface area contributed by atoms with Crippen molar-refractivity contribution < 1.29 is 9.13 Å². The predicted molar refractivity (Wildman–Crippen MR) is 114 cm³/mol. The van der Waals surface area contributed by atoms with E-state index in [9.17, 15) is 4.39 Å². The molecule has 27 heavy (non-hydrogen) atoms. The van der Waals surface area contributed by atoms with Crippen molar-refractivity contribution in [3.05, 3.63) is 94.8 Å². The minimum absolute atomic E-state index is 0.0264. The summed E-state index contributed by atoms with van der Waals surface area (Å²) in [6.07, 6.45) is 0. The summed E-state index contributed by atoms with van der Waals surface area (Å²) in [5.41, 5.74) is 2.32. The summed E-state index contributed by atoms with van der Waals surface area (Å²) in [4.78, 5) is 0. The van der Waals surface area contributed by atoms with Crippen molar-refractivity contribution in [1.82, 2.24) is 0 Å². The molecule has 0 aromatic heterocycles. The first-order chi connectivity index (χ1) is 12.9. The zero-order valence-corrected chi connectivity index (χ0v) is 17.0. The molecule has 0 aliphatic rings. The van der Waals surface area contributed by atoms with Crippen molar-refractivity contribution >= 4 is 23.4 Å². The van der Waals surface area contributed by atoms with Crippen LogP contribution in [0.4, 0.5) is 4.39 Å². The van der Waals surface area contributed by atoms with E-state index in [0.717, 1.165) is 22.1 Å². The Kier molecular flexibility index (Phi) is 6.46. The number of rotatable bonds is 7. The van der Waals surface area contributed by atoms with Gasteiger partial charge in [-0.25, -0.2) is 4.39 Å². The van der Waals surface area contributed by atoms with Crippen molar-refractivity contribution in [2.75, 3.05) is 5.75 Å². The second kappa shape index (κ2) is 8.81. The van der Waals surface area contributed by atoms with E-state index in [1.165, 1.54) is 11.6 Å². The summed E-state index contributed by atoms with van der Waals surface area (Å²) in [7, 11) is 0. The van der Waals surface area contributed by atoms with Gasteiger partial charge < -0.3 is 4.74 Å². The fourth-order valence-corrected chi connectivity index (χ4v) is 4.06. The highest BCUT2D eigenvalue weighted by molar-refractivity contribution is 7.98. The second-order valence-electron chi connectivity index (χ2n) is 7.06. The topological polar surface area (TPSA) is 9.23 Å². The number of benzene rings is 3. The van der Waals surface area contributed by atoms with Crippen LogP contribution in [0.5, 0.6) is 11.5 Å². The van der Waals surface area contributed by atoms with Crippen LogP contribution < -0.4 is 4.74 Å². The van der Waals surface area contributed by atoms with E-state index >= 15 is 0 Å². The van der Waals surface area contributed by atoms with Crippen molar-refractivity contribution in [1.29, 1.82) is 0 Å². The smallest absolute Gasteiger partial charge is 0.165 e. The molecular formula is C23H22ClFOS. The monoisotopic (exact) mass is 400 g/mol. The third-order valence-corrected chi connectivity index (χ3v) is 6.04. The first-order valence-electron chi connectivity index (χ1n) is 8.79. The zero-order chi connectivity index (χ0) is 19.3. The molecule has 0 saturated heterocycles. The molecule has 3 aromatic rings. The molecule has 0 unspecified atom stereocenters. The predicted octanol–water partition coefficient (Wildman–Crippen LogP) is 7.48. The molecule has 4 heteroatoms. The molecule has 0 spiro atoms. The Morgan fingerprint density at radius 1 is 0.963 bits per heavy atom. The first kappa shape index (κ1) is 19.8. The third kappa shape index (κ3) is 5.50. The fourth-order valence-electron chi connectivity index (χ4n) is 2.74. The molecule has 3 aromatic carbocycles. The van der Waals surface area contributed by atoms with Gasteiger partial charge in [0, 0.05) is 16.5 Å². The highest BCUT2D eigenvalue weighted by atomic mass is 35.5. The van der Waals surface area contributed by atoms with E-state index in [2.05, 4.69) is 26.0 Å². The van der Waals surface area contributed by atoms with Gasteiger partial charge in [0.05, 0.1) is 0 Å². The Morgan fingerprint density at radius 2 is 1.67 bits per heavy atom. The van der Waals surface area contributed by atoms with Crippen molar-refractivity contribution in [3.8, 4) is 11.5 Å².